The topological polar surface area (TPSA) is 85.0 Å². The number of hydrazine groups is 1. The smallest absolute Gasteiger partial charge is 0.337 e. The van der Waals surface area contributed by atoms with E-state index in [1.807, 2.05) is 30.0 Å². The van der Waals surface area contributed by atoms with Crippen LogP contribution in [-0.4, -0.2) is 57.6 Å². The number of aryl methyl sites for hydroxylation is 1. The van der Waals surface area contributed by atoms with Crippen LogP contribution >= 0.6 is 0 Å². The number of hydrogen-bond donors (Lipinski definition) is 2. The lowest BCUT2D eigenvalue weighted by Crippen LogP contribution is -2.66. The summed E-state index contributed by atoms with van der Waals surface area (Å²) in [6.07, 6.45) is 9.10. The summed E-state index contributed by atoms with van der Waals surface area (Å²) < 4.78 is 0. The van der Waals surface area contributed by atoms with Gasteiger partial charge in [-0.3, -0.25) is 19.5 Å². The summed E-state index contributed by atoms with van der Waals surface area (Å²) in [5, 5.41) is 4.79. The molecule has 8 nitrogen and oxygen atoms in total. The van der Waals surface area contributed by atoms with Gasteiger partial charge in [0.25, 0.3) is 0 Å². The van der Waals surface area contributed by atoms with E-state index in [0.29, 0.717) is 13.1 Å². The minimum atomic E-state index is -0.522. The van der Waals surface area contributed by atoms with Crippen LogP contribution in [-0.2, 0) is 16.1 Å². The standard InChI is InChI=1S/C26H37N5O3/c1-18-8-7-9-19(16-18)17-30-26(34)31-22-13-6-5-12-21(22)24(33)29(25(31)28-30)15-14-23(32)27-20-10-3-2-4-11-20/h7-9,16,20-22,25,28H,2-6,10-15,17H2,1H3,(H,27,32). The Hall–Kier alpha value is -2.61. The third-order valence-corrected chi connectivity index (χ3v) is 7.94. The summed E-state index contributed by atoms with van der Waals surface area (Å²) in [7, 11) is 0. The van der Waals surface area contributed by atoms with Crippen LogP contribution in [0.15, 0.2) is 24.3 Å². The minimum Gasteiger partial charge on any atom is -0.353 e. The zero-order chi connectivity index (χ0) is 23.7. The van der Waals surface area contributed by atoms with Crippen molar-refractivity contribution in [2.45, 2.75) is 96.1 Å². The fraction of sp³-hybridized carbons (Fsp3) is 0.654. The van der Waals surface area contributed by atoms with Gasteiger partial charge in [0, 0.05) is 25.0 Å². The van der Waals surface area contributed by atoms with Crippen LogP contribution in [0.25, 0.3) is 0 Å². The van der Waals surface area contributed by atoms with Crippen LogP contribution in [0.5, 0.6) is 0 Å². The normalized spacial score (nSPS) is 27.6. The predicted octanol–water partition coefficient (Wildman–Crippen LogP) is 3.26. The molecule has 8 heteroatoms. The number of nitrogens with zero attached hydrogens (tertiary/aromatic N) is 3. The van der Waals surface area contributed by atoms with Crippen molar-refractivity contribution in [3.05, 3.63) is 35.4 Å². The van der Waals surface area contributed by atoms with Crippen molar-refractivity contribution in [2.75, 3.05) is 6.54 Å². The highest BCUT2D eigenvalue weighted by Gasteiger charge is 2.54. The molecule has 5 rings (SSSR count). The van der Waals surface area contributed by atoms with E-state index in [1.165, 1.54) is 19.3 Å². The first-order valence-electron chi connectivity index (χ1n) is 13.0. The lowest BCUT2D eigenvalue weighted by atomic mass is 9.81. The van der Waals surface area contributed by atoms with Gasteiger partial charge in [-0.25, -0.2) is 4.79 Å². The molecule has 2 saturated heterocycles. The van der Waals surface area contributed by atoms with Crippen LogP contribution in [0, 0.1) is 12.8 Å². The maximum Gasteiger partial charge on any atom is 0.337 e. The maximum absolute atomic E-state index is 13.5. The number of nitrogens with one attached hydrogen (secondary N) is 2. The molecule has 1 aromatic carbocycles. The highest BCUT2D eigenvalue weighted by molar-refractivity contribution is 5.86. The molecule has 0 bridgehead atoms. The Kier molecular flexibility index (Phi) is 6.77. The van der Waals surface area contributed by atoms with E-state index < -0.39 is 6.29 Å². The second-order valence-corrected chi connectivity index (χ2v) is 10.4. The summed E-state index contributed by atoms with van der Waals surface area (Å²) in [6.45, 7) is 2.80. The van der Waals surface area contributed by atoms with E-state index in [2.05, 4.69) is 16.8 Å². The minimum absolute atomic E-state index is 0.00189. The van der Waals surface area contributed by atoms with Gasteiger partial charge < -0.3 is 10.2 Å². The van der Waals surface area contributed by atoms with Gasteiger partial charge in [-0.1, -0.05) is 61.9 Å². The van der Waals surface area contributed by atoms with E-state index in [1.54, 1.807) is 9.91 Å². The summed E-state index contributed by atoms with van der Waals surface area (Å²) in [4.78, 5) is 43.3. The molecule has 3 unspecified atom stereocenters. The molecule has 34 heavy (non-hydrogen) atoms. The number of rotatable bonds is 6. The quantitative estimate of drug-likeness (QED) is 0.673. The molecule has 4 amide bonds. The predicted molar refractivity (Wildman–Crippen MR) is 128 cm³/mol. The van der Waals surface area contributed by atoms with Gasteiger partial charge in [-0.05, 0) is 38.2 Å². The summed E-state index contributed by atoms with van der Waals surface area (Å²) in [5.74, 6) is -0.0943. The maximum atomic E-state index is 13.5. The number of carbonyl (C=O) groups is 3. The Morgan fingerprint density at radius 3 is 2.62 bits per heavy atom. The van der Waals surface area contributed by atoms with Crippen LogP contribution in [0.2, 0.25) is 0 Å². The zero-order valence-corrected chi connectivity index (χ0v) is 20.2. The molecule has 2 heterocycles. The highest BCUT2D eigenvalue weighted by atomic mass is 16.2. The monoisotopic (exact) mass is 467 g/mol. The average Bonchev–Trinajstić information content (AvgIpc) is 3.15. The van der Waals surface area contributed by atoms with Crippen LogP contribution < -0.4 is 10.7 Å². The van der Waals surface area contributed by atoms with Gasteiger partial charge in [0.1, 0.15) is 0 Å². The number of fused-ring (bicyclic) bond motifs is 3. The zero-order valence-electron chi connectivity index (χ0n) is 20.2. The Morgan fingerprint density at radius 2 is 1.82 bits per heavy atom. The van der Waals surface area contributed by atoms with Crippen molar-refractivity contribution < 1.29 is 14.4 Å². The number of benzene rings is 1. The van der Waals surface area contributed by atoms with Crippen molar-refractivity contribution >= 4 is 17.8 Å². The molecule has 3 atom stereocenters. The van der Waals surface area contributed by atoms with Crippen molar-refractivity contribution in [3.8, 4) is 0 Å². The summed E-state index contributed by atoms with van der Waals surface area (Å²) in [5.41, 5.74) is 5.51. The van der Waals surface area contributed by atoms with Gasteiger partial charge in [-0.15, -0.1) is 0 Å². The average molecular weight is 468 g/mol. The van der Waals surface area contributed by atoms with Gasteiger partial charge in [0.05, 0.1) is 12.5 Å². The van der Waals surface area contributed by atoms with Crippen LogP contribution in [0.1, 0.15) is 75.3 Å². The van der Waals surface area contributed by atoms with Crippen molar-refractivity contribution in [1.29, 1.82) is 0 Å². The van der Waals surface area contributed by atoms with Crippen LogP contribution in [0.3, 0.4) is 0 Å². The molecule has 2 aliphatic carbocycles. The summed E-state index contributed by atoms with van der Waals surface area (Å²) in [6, 6.07) is 8.24. The Balaban J connectivity index is 1.30. The number of carbonyl (C=O) groups excluding carboxylic acids is 3. The van der Waals surface area contributed by atoms with Crippen LogP contribution in [0.4, 0.5) is 4.79 Å². The Bertz CT molecular complexity index is 931. The van der Waals surface area contributed by atoms with Gasteiger partial charge in [0.15, 0.2) is 6.29 Å². The van der Waals surface area contributed by atoms with Gasteiger partial charge in [0.2, 0.25) is 11.8 Å². The van der Waals surface area contributed by atoms with Crippen molar-refractivity contribution in [1.82, 2.24) is 25.6 Å². The molecule has 0 spiro atoms. The van der Waals surface area contributed by atoms with Crippen molar-refractivity contribution in [3.63, 3.8) is 0 Å². The second kappa shape index (κ2) is 9.94. The molecule has 0 radical (unpaired) electrons. The summed E-state index contributed by atoms with van der Waals surface area (Å²) >= 11 is 0. The fourth-order valence-corrected chi connectivity index (χ4v) is 6.22. The van der Waals surface area contributed by atoms with E-state index in [9.17, 15) is 14.4 Å². The molecule has 0 aromatic heterocycles. The van der Waals surface area contributed by atoms with E-state index >= 15 is 0 Å². The second-order valence-electron chi connectivity index (χ2n) is 10.4. The SMILES string of the molecule is Cc1cccc(CN2NC3N(CCC(=O)NC4CCCCC4)C(=O)C4CCCCC4N3C2=O)c1. The molecular formula is C26H37N5O3. The largest absolute Gasteiger partial charge is 0.353 e. The molecule has 4 fully saturated rings. The lowest BCUT2D eigenvalue weighted by Gasteiger charge is -2.48. The number of amides is 4. The molecule has 4 aliphatic rings. The molecule has 2 saturated carbocycles. The number of hydrogen-bond acceptors (Lipinski definition) is 4. The Labute approximate surface area is 202 Å². The van der Waals surface area contributed by atoms with Gasteiger partial charge in [-0.2, -0.15) is 5.43 Å². The molecule has 1 aromatic rings. The number of urea groups is 1. The lowest BCUT2D eigenvalue weighted by molar-refractivity contribution is -0.156. The Morgan fingerprint density at radius 1 is 1.06 bits per heavy atom. The highest BCUT2D eigenvalue weighted by Crippen LogP contribution is 2.38. The molecule has 2 aliphatic heterocycles. The van der Waals surface area contributed by atoms with Crippen molar-refractivity contribution in [2.24, 2.45) is 5.92 Å². The fourth-order valence-electron chi connectivity index (χ4n) is 6.22. The first kappa shape index (κ1) is 23.1. The molecule has 2 N–H and O–H groups in total. The molecular weight excluding hydrogens is 430 g/mol. The van der Waals surface area contributed by atoms with Gasteiger partial charge >= 0.3 is 6.03 Å². The first-order valence-corrected chi connectivity index (χ1v) is 13.0. The van der Waals surface area contributed by atoms with E-state index in [0.717, 1.165) is 49.7 Å². The third-order valence-electron chi connectivity index (χ3n) is 7.94. The first-order chi connectivity index (χ1) is 16.5. The van der Waals surface area contributed by atoms with E-state index in [-0.39, 0.29) is 42.3 Å². The van der Waals surface area contributed by atoms with E-state index in [4.69, 9.17) is 0 Å². The third kappa shape index (κ3) is 4.65. The molecule has 184 valence electrons.